The largest absolute Gasteiger partial charge is 0.307 e. The Morgan fingerprint density at radius 2 is 2.22 bits per heavy atom. The lowest BCUT2D eigenvalue weighted by molar-refractivity contribution is 0.533. The minimum atomic E-state index is 0.0769. The van der Waals surface area contributed by atoms with E-state index in [1.54, 1.807) is 0 Å². The van der Waals surface area contributed by atoms with Crippen molar-refractivity contribution in [1.29, 1.82) is 0 Å². The molecule has 0 spiro atoms. The molecule has 98 valence electrons. The number of hydrogen-bond donors (Lipinski definition) is 1. The van der Waals surface area contributed by atoms with E-state index in [2.05, 4.69) is 44.4 Å². The molecular formula is C12H18BrN5. The Hall–Kier alpha value is -1.14. The molecule has 0 aliphatic rings. The number of aryl methyl sites for hydroxylation is 3. The summed E-state index contributed by atoms with van der Waals surface area (Å²) in [5.74, 6) is 0. The van der Waals surface area contributed by atoms with E-state index in [1.165, 1.54) is 0 Å². The fourth-order valence-corrected chi connectivity index (χ4v) is 2.76. The first kappa shape index (κ1) is 13.3. The monoisotopic (exact) mass is 311 g/mol. The van der Waals surface area contributed by atoms with Gasteiger partial charge in [0, 0.05) is 13.6 Å². The van der Waals surface area contributed by atoms with E-state index in [-0.39, 0.29) is 6.04 Å². The second-order valence-corrected chi connectivity index (χ2v) is 5.10. The van der Waals surface area contributed by atoms with E-state index in [9.17, 15) is 0 Å². The van der Waals surface area contributed by atoms with Crippen molar-refractivity contribution >= 4 is 15.9 Å². The fourth-order valence-electron chi connectivity index (χ4n) is 2.24. The predicted molar refractivity (Wildman–Crippen MR) is 74.4 cm³/mol. The average Bonchev–Trinajstić information content (AvgIpc) is 2.85. The van der Waals surface area contributed by atoms with Crippen LogP contribution in [0.25, 0.3) is 0 Å². The van der Waals surface area contributed by atoms with E-state index in [4.69, 9.17) is 0 Å². The van der Waals surface area contributed by atoms with Gasteiger partial charge in [0.25, 0.3) is 0 Å². The molecule has 2 heterocycles. The van der Waals surface area contributed by atoms with Crippen LogP contribution in [0.15, 0.2) is 16.7 Å². The first-order valence-corrected chi connectivity index (χ1v) is 6.76. The summed E-state index contributed by atoms with van der Waals surface area (Å²) < 4.78 is 4.92. The summed E-state index contributed by atoms with van der Waals surface area (Å²) in [6.45, 7) is 4.93. The van der Waals surface area contributed by atoms with E-state index >= 15 is 0 Å². The smallest absolute Gasteiger partial charge is 0.0927 e. The molecule has 1 atom stereocenters. The molecule has 0 aliphatic carbocycles. The Labute approximate surface area is 115 Å². The molecule has 0 amide bonds. The molecule has 1 unspecified atom stereocenters. The molecule has 18 heavy (non-hydrogen) atoms. The molecular weight excluding hydrogens is 294 g/mol. The topological polar surface area (TPSA) is 47.7 Å². The van der Waals surface area contributed by atoms with Gasteiger partial charge in [0.15, 0.2) is 0 Å². The summed E-state index contributed by atoms with van der Waals surface area (Å²) in [5, 5.41) is 12.1. The minimum Gasteiger partial charge on any atom is -0.307 e. The van der Waals surface area contributed by atoms with E-state index in [0.29, 0.717) is 0 Å². The minimum absolute atomic E-state index is 0.0769. The van der Waals surface area contributed by atoms with Gasteiger partial charge in [-0.15, -0.1) is 0 Å². The van der Waals surface area contributed by atoms with Crippen LogP contribution in [-0.4, -0.2) is 26.6 Å². The summed E-state index contributed by atoms with van der Waals surface area (Å²) in [7, 11) is 3.92. The maximum absolute atomic E-state index is 4.41. The van der Waals surface area contributed by atoms with Crippen molar-refractivity contribution in [2.75, 3.05) is 7.05 Å². The summed E-state index contributed by atoms with van der Waals surface area (Å²) in [6, 6.07) is 2.17. The van der Waals surface area contributed by atoms with Gasteiger partial charge < -0.3 is 5.32 Å². The number of halogens is 1. The molecule has 0 aromatic carbocycles. The van der Waals surface area contributed by atoms with Crippen molar-refractivity contribution in [3.8, 4) is 0 Å². The number of nitrogens with zero attached hydrogens (tertiary/aromatic N) is 4. The third-order valence-electron chi connectivity index (χ3n) is 3.03. The van der Waals surface area contributed by atoms with Crippen molar-refractivity contribution in [2.24, 2.45) is 7.05 Å². The van der Waals surface area contributed by atoms with Crippen molar-refractivity contribution in [1.82, 2.24) is 24.9 Å². The van der Waals surface area contributed by atoms with E-state index in [1.807, 2.05) is 36.6 Å². The van der Waals surface area contributed by atoms with Crippen LogP contribution >= 0.6 is 15.9 Å². The molecule has 2 aromatic heterocycles. The van der Waals surface area contributed by atoms with Gasteiger partial charge in [-0.25, -0.2) is 0 Å². The normalized spacial score (nSPS) is 12.9. The molecule has 0 saturated heterocycles. The van der Waals surface area contributed by atoms with E-state index in [0.717, 1.165) is 28.1 Å². The number of aromatic nitrogens is 4. The molecule has 0 bridgehead atoms. The summed E-state index contributed by atoms with van der Waals surface area (Å²) >= 11 is 3.58. The van der Waals surface area contributed by atoms with Gasteiger partial charge in [0.1, 0.15) is 0 Å². The van der Waals surface area contributed by atoms with Gasteiger partial charge in [0.05, 0.1) is 33.8 Å². The molecule has 5 nitrogen and oxygen atoms in total. The molecule has 0 radical (unpaired) electrons. The van der Waals surface area contributed by atoms with Crippen LogP contribution in [0.3, 0.4) is 0 Å². The molecule has 1 N–H and O–H groups in total. The van der Waals surface area contributed by atoms with Gasteiger partial charge >= 0.3 is 0 Å². The molecule has 0 fully saturated rings. The Bertz CT molecular complexity index is 543. The number of hydrogen-bond acceptors (Lipinski definition) is 3. The van der Waals surface area contributed by atoms with Crippen LogP contribution in [0.5, 0.6) is 0 Å². The summed E-state index contributed by atoms with van der Waals surface area (Å²) in [5.41, 5.74) is 3.28. The first-order chi connectivity index (χ1) is 8.58. The van der Waals surface area contributed by atoms with Crippen molar-refractivity contribution in [3.63, 3.8) is 0 Å². The predicted octanol–water partition coefficient (Wildman–Crippen LogP) is 2.02. The van der Waals surface area contributed by atoms with E-state index < -0.39 is 0 Å². The second kappa shape index (κ2) is 5.24. The zero-order chi connectivity index (χ0) is 13.3. The molecule has 6 heteroatoms. The van der Waals surface area contributed by atoms with Gasteiger partial charge in [-0.05, 0) is 42.9 Å². The highest BCUT2D eigenvalue weighted by molar-refractivity contribution is 9.10. The van der Waals surface area contributed by atoms with Crippen LogP contribution < -0.4 is 5.32 Å². The Morgan fingerprint density at radius 3 is 2.72 bits per heavy atom. The average molecular weight is 312 g/mol. The third-order valence-corrected chi connectivity index (χ3v) is 3.64. The highest BCUT2D eigenvalue weighted by atomic mass is 79.9. The van der Waals surface area contributed by atoms with Crippen molar-refractivity contribution in [2.45, 2.75) is 26.4 Å². The standard InChI is InChI=1S/C12H18BrN5/c1-5-18-12(9(13)7-15-18)11(14-3)10-6-8(2)16-17(10)4/h6-7,11,14H,5H2,1-4H3. The number of nitrogens with one attached hydrogen (secondary N) is 1. The van der Waals surface area contributed by atoms with Crippen LogP contribution in [0.4, 0.5) is 0 Å². The van der Waals surface area contributed by atoms with Crippen LogP contribution in [-0.2, 0) is 13.6 Å². The van der Waals surface area contributed by atoms with Crippen LogP contribution in [0.2, 0.25) is 0 Å². The third kappa shape index (κ3) is 2.22. The van der Waals surface area contributed by atoms with Gasteiger partial charge in [0.2, 0.25) is 0 Å². The zero-order valence-electron chi connectivity index (χ0n) is 11.1. The maximum Gasteiger partial charge on any atom is 0.0927 e. The van der Waals surface area contributed by atoms with Gasteiger partial charge in [-0.2, -0.15) is 10.2 Å². The SMILES string of the molecule is CCn1ncc(Br)c1C(NC)c1cc(C)nn1C. The zero-order valence-corrected chi connectivity index (χ0v) is 12.7. The fraction of sp³-hybridized carbons (Fsp3) is 0.500. The lowest BCUT2D eigenvalue weighted by Gasteiger charge is -2.18. The first-order valence-electron chi connectivity index (χ1n) is 5.97. The quantitative estimate of drug-likeness (QED) is 0.939. The molecule has 0 saturated carbocycles. The second-order valence-electron chi connectivity index (χ2n) is 4.25. The lowest BCUT2D eigenvalue weighted by atomic mass is 10.1. The van der Waals surface area contributed by atoms with Crippen LogP contribution in [0, 0.1) is 6.92 Å². The van der Waals surface area contributed by atoms with Crippen molar-refractivity contribution in [3.05, 3.63) is 33.8 Å². The highest BCUT2D eigenvalue weighted by Gasteiger charge is 2.22. The van der Waals surface area contributed by atoms with Crippen LogP contribution in [0.1, 0.15) is 30.0 Å². The number of rotatable bonds is 4. The maximum atomic E-state index is 4.41. The Morgan fingerprint density at radius 1 is 1.50 bits per heavy atom. The van der Waals surface area contributed by atoms with Gasteiger partial charge in [-0.3, -0.25) is 9.36 Å². The Kier molecular flexibility index (Phi) is 3.87. The molecule has 0 aliphatic heterocycles. The summed E-state index contributed by atoms with van der Waals surface area (Å²) in [6.07, 6.45) is 1.84. The van der Waals surface area contributed by atoms with Crippen molar-refractivity contribution < 1.29 is 0 Å². The van der Waals surface area contributed by atoms with Gasteiger partial charge in [-0.1, -0.05) is 0 Å². The molecule has 2 aromatic rings. The lowest BCUT2D eigenvalue weighted by Crippen LogP contribution is -2.24. The highest BCUT2D eigenvalue weighted by Crippen LogP contribution is 2.28. The molecule has 2 rings (SSSR count). The Balaban J connectivity index is 2.51. The summed E-state index contributed by atoms with van der Waals surface area (Å²) in [4.78, 5) is 0.